The Labute approximate surface area is 91.1 Å². The van der Waals surface area contributed by atoms with Gasteiger partial charge in [-0.2, -0.15) is 11.8 Å². The van der Waals surface area contributed by atoms with E-state index < -0.39 is 0 Å². The Bertz CT molecular complexity index is 188. The first-order valence-corrected chi connectivity index (χ1v) is 6.90. The van der Waals surface area contributed by atoms with Gasteiger partial charge in [0.15, 0.2) is 0 Å². The summed E-state index contributed by atoms with van der Waals surface area (Å²) in [6, 6.07) is 0.477. The molecule has 0 aromatic rings. The number of nitrogens with zero attached hydrogens (tertiary/aromatic N) is 1. The highest BCUT2D eigenvalue weighted by atomic mass is 32.2. The summed E-state index contributed by atoms with van der Waals surface area (Å²) >= 11 is 2.10. The molecular weight excluding hydrogens is 194 g/mol. The van der Waals surface area contributed by atoms with Crippen LogP contribution in [0.5, 0.6) is 0 Å². The molecule has 0 bridgehead atoms. The number of rotatable bonds is 2. The van der Waals surface area contributed by atoms with Crippen molar-refractivity contribution >= 4 is 11.8 Å². The second-order valence-corrected chi connectivity index (χ2v) is 5.87. The van der Waals surface area contributed by atoms with Gasteiger partial charge in [-0.05, 0) is 25.7 Å². The predicted molar refractivity (Wildman–Crippen MR) is 61.8 cm³/mol. The van der Waals surface area contributed by atoms with Gasteiger partial charge in [0.1, 0.15) is 0 Å². The summed E-state index contributed by atoms with van der Waals surface area (Å²) in [5, 5.41) is 10.7. The molecule has 2 rings (SSSR count). The van der Waals surface area contributed by atoms with Crippen molar-refractivity contribution in [2.24, 2.45) is 0 Å². The molecule has 1 aliphatic carbocycles. The fraction of sp³-hybridized carbons (Fsp3) is 1.00. The van der Waals surface area contributed by atoms with Crippen LogP contribution in [-0.2, 0) is 0 Å². The molecule has 1 heterocycles. The molecule has 0 radical (unpaired) electrons. The first kappa shape index (κ1) is 10.8. The van der Waals surface area contributed by atoms with Crippen LogP contribution >= 0.6 is 11.8 Å². The maximum absolute atomic E-state index is 9.85. The zero-order chi connectivity index (χ0) is 9.97. The van der Waals surface area contributed by atoms with E-state index in [9.17, 15) is 5.11 Å². The lowest BCUT2D eigenvalue weighted by Gasteiger charge is -2.37. The Kier molecular flexibility index (Phi) is 3.74. The molecule has 1 N–H and O–H groups in total. The van der Waals surface area contributed by atoms with E-state index in [-0.39, 0.29) is 6.10 Å². The van der Waals surface area contributed by atoms with Crippen LogP contribution in [-0.4, -0.2) is 46.2 Å². The molecule has 14 heavy (non-hydrogen) atoms. The van der Waals surface area contributed by atoms with Crippen molar-refractivity contribution in [3.63, 3.8) is 0 Å². The molecule has 3 heteroatoms. The van der Waals surface area contributed by atoms with Crippen molar-refractivity contribution in [1.29, 1.82) is 0 Å². The van der Waals surface area contributed by atoms with Gasteiger partial charge in [-0.25, -0.2) is 0 Å². The van der Waals surface area contributed by atoms with E-state index >= 15 is 0 Å². The fourth-order valence-electron chi connectivity index (χ4n) is 2.64. The molecule has 0 aromatic heterocycles. The maximum Gasteiger partial charge on any atom is 0.0695 e. The first-order valence-electron chi connectivity index (χ1n) is 5.85. The molecule has 3 atom stereocenters. The molecular formula is C11H21NOS. The molecule has 0 amide bonds. The predicted octanol–water partition coefficient (Wildman–Crippen LogP) is 1.73. The summed E-state index contributed by atoms with van der Waals surface area (Å²) in [6.45, 7) is 4.65. The quantitative estimate of drug-likeness (QED) is 0.759. The molecule has 1 aliphatic heterocycles. The van der Waals surface area contributed by atoms with Crippen molar-refractivity contribution in [3.05, 3.63) is 0 Å². The molecule has 2 aliphatic rings. The zero-order valence-corrected chi connectivity index (χ0v) is 9.80. The van der Waals surface area contributed by atoms with Crippen LogP contribution in [0.2, 0.25) is 0 Å². The maximum atomic E-state index is 9.85. The molecule has 2 nitrogen and oxygen atoms in total. The monoisotopic (exact) mass is 215 g/mol. The van der Waals surface area contributed by atoms with Crippen LogP contribution in [0.4, 0.5) is 0 Å². The SMILES string of the molecule is CCC1CN(C2CCCC2O)CCS1. The minimum atomic E-state index is -0.0457. The summed E-state index contributed by atoms with van der Waals surface area (Å²) in [7, 11) is 0. The van der Waals surface area contributed by atoms with Crippen LogP contribution < -0.4 is 0 Å². The van der Waals surface area contributed by atoms with Gasteiger partial charge >= 0.3 is 0 Å². The van der Waals surface area contributed by atoms with Gasteiger partial charge in [-0.1, -0.05) is 6.92 Å². The number of hydrogen-bond acceptors (Lipinski definition) is 3. The normalized spacial score (nSPS) is 40.3. The smallest absolute Gasteiger partial charge is 0.0695 e. The van der Waals surface area contributed by atoms with Gasteiger partial charge in [0, 0.05) is 30.1 Å². The van der Waals surface area contributed by atoms with E-state index in [0.717, 1.165) is 11.7 Å². The van der Waals surface area contributed by atoms with Gasteiger partial charge in [0.2, 0.25) is 0 Å². The van der Waals surface area contributed by atoms with Gasteiger partial charge in [-0.15, -0.1) is 0 Å². The highest BCUT2D eigenvalue weighted by Crippen LogP contribution is 2.29. The van der Waals surface area contributed by atoms with Gasteiger partial charge in [-0.3, -0.25) is 4.90 Å². The minimum Gasteiger partial charge on any atom is -0.391 e. The summed E-state index contributed by atoms with van der Waals surface area (Å²) in [6.07, 6.45) is 4.67. The van der Waals surface area contributed by atoms with Crippen molar-refractivity contribution in [2.45, 2.75) is 50.0 Å². The Morgan fingerprint density at radius 1 is 1.43 bits per heavy atom. The van der Waals surface area contributed by atoms with Crippen molar-refractivity contribution in [1.82, 2.24) is 4.90 Å². The van der Waals surface area contributed by atoms with E-state index in [1.807, 2.05) is 0 Å². The van der Waals surface area contributed by atoms with Crippen molar-refractivity contribution < 1.29 is 5.11 Å². The van der Waals surface area contributed by atoms with E-state index in [1.165, 1.54) is 38.1 Å². The van der Waals surface area contributed by atoms with Gasteiger partial charge in [0.25, 0.3) is 0 Å². The van der Waals surface area contributed by atoms with Crippen LogP contribution in [0.15, 0.2) is 0 Å². The van der Waals surface area contributed by atoms with E-state index in [1.54, 1.807) is 0 Å². The average Bonchev–Trinajstić information content (AvgIpc) is 2.65. The third-order valence-electron chi connectivity index (χ3n) is 3.54. The minimum absolute atomic E-state index is 0.0457. The molecule has 2 fully saturated rings. The van der Waals surface area contributed by atoms with Crippen molar-refractivity contribution in [2.75, 3.05) is 18.8 Å². The molecule has 0 aromatic carbocycles. The average molecular weight is 215 g/mol. The summed E-state index contributed by atoms with van der Waals surface area (Å²) < 4.78 is 0. The van der Waals surface area contributed by atoms with E-state index in [0.29, 0.717) is 6.04 Å². The number of thioether (sulfide) groups is 1. The highest BCUT2D eigenvalue weighted by Gasteiger charge is 2.33. The second kappa shape index (κ2) is 4.86. The lowest BCUT2D eigenvalue weighted by molar-refractivity contribution is 0.0725. The van der Waals surface area contributed by atoms with Crippen LogP contribution in [0.3, 0.4) is 0 Å². The number of aliphatic hydroxyl groups excluding tert-OH is 1. The van der Waals surface area contributed by atoms with Crippen LogP contribution in [0.25, 0.3) is 0 Å². The molecule has 0 spiro atoms. The summed E-state index contributed by atoms with van der Waals surface area (Å²) in [5.74, 6) is 1.25. The van der Waals surface area contributed by atoms with E-state index in [4.69, 9.17) is 0 Å². The lowest BCUT2D eigenvalue weighted by atomic mass is 10.1. The van der Waals surface area contributed by atoms with Crippen LogP contribution in [0, 0.1) is 0 Å². The Morgan fingerprint density at radius 3 is 2.93 bits per heavy atom. The number of hydrogen-bond donors (Lipinski definition) is 1. The Morgan fingerprint density at radius 2 is 2.29 bits per heavy atom. The third-order valence-corrected chi connectivity index (χ3v) is 4.91. The molecule has 3 unspecified atom stereocenters. The van der Waals surface area contributed by atoms with E-state index in [2.05, 4.69) is 23.6 Å². The molecule has 82 valence electrons. The summed E-state index contributed by atoms with van der Waals surface area (Å²) in [4.78, 5) is 2.53. The lowest BCUT2D eigenvalue weighted by Crippen LogP contribution is -2.47. The summed E-state index contributed by atoms with van der Waals surface area (Å²) in [5.41, 5.74) is 0. The zero-order valence-electron chi connectivity index (χ0n) is 8.98. The standard InChI is InChI=1S/C11H21NOS/c1-2-9-8-12(6-7-14-9)10-4-3-5-11(10)13/h9-11,13H,2-8H2,1H3. The Balaban J connectivity index is 1.90. The van der Waals surface area contributed by atoms with Crippen molar-refractivity contribution in [3.8, 4) is 0 Å². The topological polar surface area (TPSA) is 23.5 Å². The third kappa shape index (κ3) is 2.26. The molecule has 1 saturated carbocycles. The van der Waals surface area contributed by atoms with Gasteiger partial charge in [0.05, 0.1) is 6.10 Å². The Hall–Kier alpha value is 0.270. The first-order chi connectivity index (χ1) is 6.81. The second-order valence-electron chi connectivity index (χ2n) is 4.46. The molecule has 1 saturated heterocycles. The largest absolute Gasteiger partial charge is 0.391 e. The number of aliphatic hydroxyl groups is 1. The fourth-order valence-corrected chi connectivity index (χ4v) is 3.84. The van der Waals surface area contributed by atoms with Crippen LogP contribution in [0.1, 0.15) is 32.6 Å². The highest BCUT2D eigenvalue weighted by molar-refractivity contribution is 8.00. The van der Waals surface area contributed by atoms with Gasteiger partial charge < -0.3 is 5.11 Å².